The van der Waals surface area contributed by atoms with Crippen LogP contribution in [0.1, 0.15) is 21.5 Å². The zero-order valence-corrected chi connectivity index (χ0v) is 12.4. The number of Topliss-reactive ketones (excluding diaryl/α,β-unsaturated/α-hetero) is 1. The summed E-state index contributed by atoms with van der Waals surface area (Å²) in [7, 11) is 1.57. The summed E-state index contributed by atoms with van der Waals surface area (Å²) in [5.74, 6) is -0.106. The van der Waals surface area contributed by atoms with Gasteiger partial charge in [0.1, 0.15) is 11.8 Å². The zero-order valence-electron chi connectivity index (χ0n) is 12.4. The maximum Gasteiger partial charge on any atom is 0.227 e. The van der Waals surface area contributed by atoms with Gasteiger partial charge in [0.05, 0.1) is 12.7 Å². The van der Waals surface area contributed by atoms with Crippen molar-refractivity contribution in [1.82, 2.24) is 0 Å². The summed E-state index contributed by atoms with van der Waals surface area (Å²) >= 11 is 0. The average Bonchev–Trinajstić information content (AvgIpc) is 2.60. The van der Waals surface area contributed by atoms with E-state index in [1.165, 1.54) is 6.08 Å². The Bertz CT molecular complexity index is 884. The highest BCUT2D eigenvalue weighted by Gasteiger charge is 2.25. The van der Waals surface area contributed by atoms with Crippen LogP contribution in [0.2, 0.25) is 0 Å². The molecule has 0 heterocycles. The number of methoxy groups -OCH3 is 1. The van der Waals surface area contributed by atoms with E-state index in [2.05, 4.69) is 6.07 Å². The van der Waals surface area contributed by atoms with E-state index < -0.39 is 5.78 Å². The lowest BCUT2D eigenvalue weighted by molar-refractivity contribution is 0.0976. The predicted octanol–water partition coefficient (Wildman–Crippen LogP) is 3.77. The summed E-state index contributed by atoms with van der Waals surface area (Å²) in [5.41, 5.74) is 2.65. The molecule has 112 valence electrons. The number of hydrogen-bond acceptors (Lipinski definition) is 4. The van der Waals surface area contributed by atoms with E-state index in [4.69, 9.17) is 4.74 Å². The molecule has 0 amide bonds. The third kappa shape index (κ3) is 2.49. The second kappa shape index (κ2) is 5.82. The second-order valence-electron chi connectivity index (χ2n) is 5.03. The van der Waals surface area contributed by atoms with Gasteiger partial charge in [0.2, 0.25) is 5.78 Å². The number of ketones is 1. The normalized spacial score (nSPS) is 15.3. The lowest BCUT2D eigenvalue weighted by Crippen LogP contribution is -2.11. The lowest BCUT2D eigenvalue weighted by Gasteiger charge is -2.17. The van der Waals surface area contributed by atoms with Crippen LogP contribution >= 0.6 is 0 Å². The second-order valence-corrected chi connectivity index (χ2v) is 5.03. The van der Waals surface area contributed by atoms with Crippen LogP contribution in [0.4, 0.5) is 0 Å². The van der Waals surface area contributed by atoms with Crippen molar-refractivity contribution in [1.29, 1.82) is 5.26 Å². The number of fused-ring (bicyclic) bond motifs is 1. The summed E-state index contributed by atoms with van der Waals surface area (Å²) in [6, 6.07) is 16.2. The van der Waals surface area contributed by atoms with Gasteiger partial charge in [0.25, 0.3) is 0 Å². The minimum Gasteiger partial charge on any atom is -0.504 e. The van der Waals surface area contributed by atoms with Gasteiger partial charge in [0.15, 0.2) is 5.76 Å². The Hall–Kier alpha value is -3.32. The fourth-order valence-electron chi connectivity index (χ4n) is 2.58. The third-order valence-corrected chi connectivity index (χ3v) is 3.74. The van der Waals surface area contributed by atoms with Gasteiger partial charge in [-0.25, -0.2) is 0 Å². The quantitative estimate of drug-likeness (QED) is 0.857. The van der Waals surface area contributed by atoms with Crippen molar-refractivity contribution in [2.45, 2.75) is 0 Å². The number of nitriles is 1. The summed E-state index contributed by atoms with van der Waals surface area (Å²) in [5, 5.41) is 19.5. The molecule has 0 aromatic heterocycles. The zero-order chi connectivity index (χ0) is 16.4. The molecule has 0 saturated carbocycles. The van der Waals surface area contributed by atoms with Gasteiger partial charge in [-0.2, -0.15) is 5.26 Å². The van der Waals surface area contributed by atoms with E-state index in [9.17, 15) is 15.2 Å². The summed E-state index contributed by atoms with van der Waals surface area (Å²) < 4.78 is 5.12. The van der Waals surface area contributed by atoms with E-state index in [0.29, 0.717) is 33.6 Å². The molecular weight excluding hydrogens is 290 g/mol. The molecule has 0 saturated heterocycles. The molecule has 4 nitrogen and oxygen atoms in total. The van der Waals surface area contributed by atoms with E-state index in [1.54, 1.807) is 55.6 Å². The van der Waals surface area contributed by atoms with Crippen LogP contribution in [0.25, 0.3) is 11.1 Å². The van der Waals surface area contributed by atoms with Gasteiger partial charge in [0, 0.05) is 11.1 Å². The van der Waals surface area contributed by atoms with Crippen LogP contribution in [0, 0.1) is 11.3 Å². The molecular formula is C19H13NO3. The molecule has 1 N–H and O–H groups in total. The Morgan fingerprint density at radius 3 is 2.35 bits per heavy atom. The number of carbonyl (C=O) groups excluding carboxylic acids is 1. The maximum absolute atomic E-state index is 12.1. The van der Waals surface area contributed by atoms with Gasteiger partial charge in [-0.15, -0.1) is 0 Å². The minimum absolute atomic E-state index is 0.361. The number of rotatable bonds is 2. The molecule has 0 fully saturated rings. The molecule has 3 rings (SSSR count). The Kier molecular flexibility index (Phi) is 3.70. The minimum atomic E-state index is -0.434. The van der Waals surface area contributed by atoms with E-state index in [0.717, 1.165) is 0 Å². The molecule has 0 aliphatic heterocycles. The molecule has 23 heavy (non-hydrogen) atoms. The molecule has 0 radical (unpaired) electrons. The van der Waals surface area contributed by atoms with E-state index in [1.807, 2.05) is 0 Å². The number of allylic oxidation sites excluding steroid dienone is 4. The van der Waals surface area contributed by atoms with Gasteiger partial charge in [-0.05, 0) is 41.5 Å². The number of hydrogen-bond donors (Lipinski definition) is 1. The number of benzene rings is 2. The molecule has 1 aliphatic carbocycles. The van der Waals surface area contributed by atoms with Crippen molar-refractivity contribution in [2.75, 3.05) is 7.11 Å². The molecule has 0 atom stereocenters. The van der Waals surface area contributed by atoms with Crippen LogP contribution in [-0.4, -0.2) is 18.0 Å². The molecule has 0 bridgehead atoms. The first-order valence-corrected chi connectivity index (χ1v) is 6.99. The molecule has 0 spiro atoms. The monoisotopic (exact) mass is 303 g/mol. The largest absolute Gasteiger partial charge is 0.504 e. The summed E-state index contributed by atoms with van der Waals surface area (Å²) in [6.07, 6.45) is 1.35. The van der Waals surface area contributed by atoms with Crippen LogP contribution < -0.4 is 4.74 Å². The van der Waals surface area contributed by atoms with Crippen molar-refractivity contribution in [3.05, 3.63) is 77.1 Å². The van der Waals surface area contributed by atoms with Crippen molar-refractivity contribution < 1.29 is 14.6 Å². The number of nitrogens with zero attached hydrogens (tertiary/aromatic N) is 1. The lowest BCUT2D eigenvalue weighted by atomic mass is 9.86. The predicted molar refractivity (Wildman–Crippen MR) is 86.9 cm³/mol. The molecule has 2 aromatic rings. The van der Waals surface area contributed by atoms with Crippen molar-refractivity contribution in [2.24, 2.45) is 0 Å². The molecule has 4 heteroatoms. The number of aliphatic hydroxyl groups excluding tert-OH is 1. The number of aliphatic hydroxyl groups is 1. The molecule has 2 aromatic carbocycles. The Morgan fingerprint density at radius 2 is 1.74 bits per heavy atom. The van der Waals surface area contributed by atoms with Gasteiger partial charge < -0.3 is 9.84 Å². The van der Waals surface area contributed by atoms with Crippen molar-refractivity contribution >= 4 is 16.9 Å². The van der Waals surface area contributed by atoms with Crippen LogP contribution in [0.3, 0.4) is 0 Å². The van der Waals surface area contributed by atoms with Crippen LogP contribution in [0.15, 0.2) is 60.4 Å². The van der Waals surface area contributed by atoms with Gasteiger partial charge in [-0.3, -0.25) is 4.79 Å². The third-order valence-electron chi connectivity index (χ3n) is 3.74. The first kappa shape index (κ1) is 14.6. The smallest absolute Gasteiger partial charge is 0.227 e. The van der Waals surface area contributed by atoms with Gasteiger partial charge in [-0.1, -0.05) is 24.3 Å². The van der Waals surface area contributed by atoms with Crippen LogP contribution in [0.5, 0.6) is 5.75 Å². The summed E-state index contributed by atoms with van der Waals surface area (Å²) in [6.45, 7) is 0. The Balaban J connectivity index is 2.24. The van der Waals surface area contributed by atoms with Crippen molar-refractivity contribution in [3.8, 4) is 11.8 Å². The van der Waals surface area contributed by atoms with Gasteiger partial charge >= 0.3 is 0 Å². The number of carbonyl (C=O) groups is 1. The Labute approximate surface area is 133 Å². The van der Waals surface area contributed by atoms with Crippen molar-refractivity contribution in [3.63, 3.8) is 0 Å². The fourth-order valence-corrected chi connectivity index (χ4v) is 2.58. The fraction of sp³-hybridized carbons (Fsp3) is 0.0526. The highest BCUT2D eigenvalue weighted by molar-refractivity contribution is 6.18. The van der Waals surface area contributed by atoms with Crippen LogP contribution in [-0.2, 0) is 0 Å². The van der Waals surface area contributed by atoms with E-state index in [-0.39, 0.29) is 5.76 Å². The average molecular weight is 303 g/mol. The van der Waals surface area contributed by atoms with E-state index >= 15 is 0 Å². The number of ether oxygens (including phenoxy) is 1. The summed E-state index contributed by atoms with van der Waals surface area (Å²) in [4.78, 5) is 12.1. The highest BCUT2D eigenvalue weighted by Crippen LogP contribution is 2.34. The molecule has 1 aliphatic rings. The standard InChI is InChI=1S/C19H13NO3/c1-23-13-8-6-12(7-9-13)17(11-20)16-10-18(21)19(22)15-5-3-2-4-14(15)16/h2-10,21H,1H3/b17-16-. The highest BCUT2D eigenvalue weighted by atomic mass is 16.5. The topological polar surface area (TPSA) is 70.3 Å². The SMILES string of the molecule is COc1ccc(/C(C#N)=C2/C=C(O)C(=O)c3ccccc32)cc1. The Morgan fingerprint density at radius 1 is 1.09 bits per heavy atom. The molecule has 0 unspecified atom stereocenters. The first-order valence-electron chi connectivity index (χ1n) is 6.99. The first-order chi connectivity index (χ1) is 11.2. The maximum atomic E-state index is 12.1.